The molecule has 4 aromatic carbocycles. The van der Waals surface area contributed by atoms with E-state index in [9.17, 15) is 9.59 Å². The summed E-state index contributed by atoms with van der Waals surface area (Å²) < 4.78 is 14.3. The van der Waals surface area contributed by atoms with E-state index in [-0.39, 0.29) is 62.7 Å². The lowest BCUT2D eigenvalue weighted by atomic mass is 9.87. The highest BCUT2D eigenvalue weighted by Crippen LogP contribution is 2.33. The number of nitrogens with zero attached hydrogens (tertiary/aromatic N) is 6. The van der Waals surface area contributed by atoms with Gasteiger partial charge in [0.25, 0.3) is 0 Å². The Bertz CT molecular complexity index is 2760. The Hall–Kier alpha value is -6.30. The number of hydrogen-bond acceptors (Lipinski definition) is 10. The number of halogens is 2. The summed E-state index contributed by atoms with van der Waals surface area (Å²) in [4.78, 5) is 86.5. The zero-order chi connectivity index (χ0) is 54.5. The highest BCUT2D eigenvalue weighted by atomic mass is 35.5. The lowest BCUT2D eigenvalue weighted by Crippen LogP contribution is -2.59. The molecule has 2 aliphatic rings. The summed E-state index contributed by atoms with van der Waals surface area (Å²) in [6.45, 7) is 0.673. The Morgan fingerprint density at radius 1 is 0.789 bits per heavy atom. The molecule has 0 radical (unpaired) electrons. The quantitative estimate of drug-likeness (QED) is 0.0912. The molecule has 0 unspecified atom stereocenters. The molecule has 2 fully saturated rings. The molecule has 18 heteroatoms. The number of imidazole rings is 1. The molecule has 3 N–H and O–H groups in total. The first-order valence-corrected chi connectivity index (χ1v) is 26.9. The normalized spacial score (nSPS) is 21.5. The molecule has 16 nitrogen and oxygen atoms in total. The standard InChI is InChI=1S/C58H73Cl2N9O7/c1-61-28-27-50-56(72)64-48(37-75-7)58(74)66(4)45(30-39-17-22-43(59)23-18-39)33-54(70)63-47-15-11-12-16-49(47)68(6)57(73)42(29-38-13-9-8-10-14-38)31-55(71)69(50)35-41-19-24-44(60)32-52(41)76-46-25-20-40(21-26-46)51-34-62-53(67(51)5)36-65(2)3/h8-10,13-14,17-26,32,34,42,45,47-50,61H,11-12,15-16,27-31,33,35-37H2,1-7H3,(H,63,70)(H,64,72)/t42-,45+,47+,48+,49+,50+/m1/s1. The van der Waals surface area contributed by atoms with Gasteiger partial charge in [-0.1, -0.05) is 84.6 Å². The summed E-state index contributed by atoms with van der Waals surface area (Å²) in [5, 5.41) is 10.3. The first-order valence-electron chi connectivity index (χ1n) is 26.1. The van der Waals surface area contributed by atoms with Crippen LogP contribution in [0.25, 0.3) is 11.3 Å². The molecule has 406 valence electrons. The topological polar surface area (TPSA) is 171 Å². The number of methoxy groups -OCH3 is 1. The number of likely N-dealkylation sites (N-methyl/N-ethyl adjacent to an activating group) is 2. The number of hydrogen-bond donors (Lipinski definition) is 3. The van der Waals surface area contributed by atoms with E-state index >= 15 is 14.4 Å². The van der Waals surface area contributed by atoms with Crippen LogP contribution in [-0.4, -0.2) is 144 Å². The van der Waals surface area contributed by atoms with Crippen molar-refractivity contribution in [2.24, 2.45) is 13.0 Å². The van der Waals surface area contributed by atoms with Crippen LogP contribution in [0.2, 0.25) is 10.0 Å². The van der Waals surface area contributed by atoms with E-state index in [2.05, 4.69) is 30.4 Å². The molecule has 5 aromatic rings. The number of ether oxygens (including phenoxy) is 2. The van der Waals surface area contributed by atoms with E-state index < -0.39 is 41.8 Å². The minimum atomic E-state index is -1.21. The molecule has 7 rings (SSSR count). The van der Waals surface area contributed by atoms with Gasteiger partial charge in [-0.2, -0.15) is 0 Å². The van der Waals surface area contributed by atoms with Crippen molar-refractivity contribution in [3.63, 3.8) is 0 Å². The second kappa shape index (κ2) is 27.1. The van der Waals surface area contributed by atoms with E-state index in [0.717, 1.165) is 41.1 Å². The molecule has 76 heavy (non-hydrogen) atoms. The fraction of sp³-hybridized carbons (Fsp3) is 0.448. The number of carbonyl (C=O) groups is 5. The second-order valence-corrected chi connectivity index (χ2v) is 21.3. The highest BCUT2D eigenvalue weighted by molar-refractivity contribution is 6.31. The molecule has 5 amide bonds. The number of benzene rings is 4. The lowest BCUT2D eigenvalue weighted by Gasteiger charge is -2.40. The van der Waals surface area contributed by atoms with Gasteiger partial charge in [-0.15, -0.1) is 0 Å². The predicted octanol–water partition coefficient (Wildman–Crippen LogP) is 7.29. The van der Waals surface area contributed by atoms with Gasteiger partial charge in [-0.25, -0.2) is 4.98 Å². The van der Waals surface area contributed by atoms with Crippen LogP contribution in [0.5, 0.6) is 11.5 Å². The summed E-state index contributed by atoms with van der Waals surface area (Å²) >= 11 is 13.0. The zero-order valence-electron chi connectivity index (χ0n) is 44.8. The van der Waals surface area contributed by atoms with Crippen molar-refractivity contribution in [2.45, 2.75) is 101 Å². The Morgan fingerprint density at radius 2 is 1.49 bits per heavy atom. The maximum absolute atomic E-state index is 15.6. The number of fused-ring (bicyclic) bond motifs is 1. The van der Waals surface area contributed by atoms with Crippen LogP contribution >= 0.6 is 23.2 Å². The van der Waals surface area contributed by atoms with Crippen LogP contribution in [0, 0.1) is 5.92 Å². The van der Waals surface area contributed by atoms with Gasteiger partial charge < -0.3 is 49.6 Å². The molecule has 1 saturated carbocycles. The third kappa shape index (κ3) is 15.0. The molecule has 1 aliphatic carbocycles. The Kier molecular flexibility index (Phi) is 20.5. The predicted molar refractivity (Wildman–Crippen MR) is 296 cm³/mol. The fourth-order valence-corrected chi connectivity index (χ4v) is 10.7. The van der Waals surface area contributed by atoms with Crippen molar-refractivity contribution in [2.75, 3.05) is 55.5 Å². The minimum absolute atomic E-state index is 0.0545. The monoisotopic (exact) mass is 1080 g/mol. The number of amides is 5. The van der Waals surface area contributed by atoms with Gasteiger partial charge in [0.2, 0.25) is 29.5 Å². The molecule has 0 spiro atoms. The first kappa shape index (κ1) is 57.4. The molecule has 2 heterocycles. The van der Waals surface area contributed by atoms with Gasteiger partial charge in [-0.05, 0) is 119 Å². The summed E-state index contributed by atoms with van der Waals surface area (Å²) in [7, 11) is 12.6. The van der Waals surface area contributed by atoms with Crippen LogP contribution in [0.15, 0.2) is 103 Å². The van der Waals surface area contributed by atoms with E-state index in [1.807, 2.05) is 94.1 Å². The Labute approximate surface area is 457 Å². The summed E-state index contributed by atoms with van der Waals surface area (Å²) in [6.07, 6.45) is 5.21. The second-order valence-electron chi connectivity index (χ2n) is 20.4. The van der Waals surface area contributed by atoms with Crippen LogP contribution in [0.1, 0.15) is 67.5 Å². The van der Waals surface area contributed by atoms with Gasteiger partial charge >= 0.3 is 0 Å². The van der Waals surface area contributed by atoms with Gasteiger partial charge in [-0.3, -0.25) is 24.0 Å². The van der Waals surface area contributed by atoms with Crippen molar-refractivity contribution >= 4 is 52.7 Å². The van der Waals surface area contributed by atoms with Crippen LogP contribution < -0.4 is 20.7 Å². The van der Waals surface area contributed by atoms with Crippen molar-refractivity contribution in [1.82, 2.24) is 45.1 Å². The average Bonchev–Trinajstić information content (AvgIpc) is 3.76. The van der Waals surface area contributed by atoms with Crippen LogP contribution in [0.3, 0.4) is 0 Å². The van der Waals surface area contributed by atoms with E-state index in [4.69, 9.17) is 32.7 Å². The molecule has 1 aromatic heterocycles. The van der Waals surface area contributed by atoms with Gasteiger partial charge in [0, 0.05) is 74.4 Å². The van der Waals surface area contributed by atoms with Crippen molar-refractivity contribution in [3.8, 4) is 22.8 Å². The van der Waals surface area contributed by atoms with E-state index in [0.29, 0.717) is 59.5 Å². The molecule has 1 aliphatic heterocycles. The molecule has 6 atom stereocenters. The highest BCUT2D eigenvalue weighted by Gasteiger charge is 2.40. The third-order valence-corrected chi connectivity index (χ3v) is 15.1. The number of rotatable bonds is 16. The fourth-order valence-electron chi connectivity index (χ4n) is 10.4. The number of carbonyl (C=O) groups excluding carboxylic acids is 5. The van der Waals surface area contributed by atoms with Crippen LogP contribution in [0.4, 0.5) is 0 Å². The van der Waals surface area contributed by atoms with E-state index in [1.54, 1.807) is 56.4 Å². The largest absolute Gasteiger partial charge is 0.457 e. The summed E-state index contributed by atoms with van der Waals surface area (Å²) in [6, 6.07) is 25.8. The first-order chi connectivity index (χ1) is 36.5. The lowest BCUT2D eigenvalue weighted by molar-refractivity contribution is -0.148. The zero-order valence-corrected chi connectivity index (χ0v) is 46.3. The average molecular weight is 1080 g/mol. The molecular formula is C58H73Cl2N9O7. The number of aromatic nitrogens is 2. The Balaban J connectivity index is 1.30. The van der Waals surface area contributed by atoms with Crippen molar-refractivity contribution < 1.29 is 33.4 Å². The summed E-state index contributed by atoms with van der Waals surface area (Å²) in [5.74, 6) is -1.13. The smallest absolute Gasteiger partial charge is 0.247 e. The SMILES string of the molecule is CNCC[C@H]1C(=O)N[C@@H](COC)C(=O)N(C)[C@@H](Cc2ccc(Cl)cc2)CC(=O)N[C@H]2CCCC[C@@H]2N(C)C(=O)[C@H](Cc2ccccc2)CC(=O)N1Cc1ccc(Cl)cc1Oc1ccc(-c2cnc(CN(C)C)n2C)cc1. The summed E-state index contributed by atoms with van der Waals surface area (Å²) in [5.41, 5.74) is 4.14. The van der Waals surface area contributed by atoms with E-state index in [1.165, 1.54) is 16.9 Å². The molecule has 0 bridgehead atoms. The van der Waals surface area contributed by atoms with Gasteiger partial charge in [0.1, 0.15) is 29.4 Å². The van der Waals surface area contributed by atoms with Crippen molar-refractivity contribution in [1.29, 1.82) is 0 Å². The molecular weight excluding hydrogens is 1010 g/mol. The van der Waals surface area contributed by atoms with Gasteiger partial charge in [0.05, 0.1) is 43.5 Å². The third-order valence-electron chi connectivity index (χ3n) is 14.6. The molecule has 1 saturated heterocycles. The van der Waals surface area contributed by atoms with Crippen molar-refractivity contribution in [3.05, 3.63) is 136 Å². The van der Waals surface area contributed by atoms with Crippen LogP contribution in [-0.2, 0) is 61.7 Å². The Morgan fingerprint density at radius 3 is 2.18 bits per heavy atom. The number of nitrogens with one attached hydrogen (secondary N) is 3. The minimum Gasteiger partial charge on any atom is -0.457 e. The maximum Gasteiger partial charge on any atom is 0.247 e. The van der Waals surface area contributed by atoms with Gasteiger partial charge in [0.15, 0.2) is 0 Å². The maximum atomic E-state index is 15.6.